The van der Waals surface area contributed by atoms with Gasteiger partial charge in [0.25, 0.3) is 5.56 Å². The summed E-state index contributed by atoms with van der Waals surface area (Å²) in [6.07, 6.45) is 1.55. The molecule has 3 aromatic carbocycles. The monoisotopic (exact) mass is 597 g/mol. The van der Waals surface area contributed by atoms with Crippen LogP contribution in [-0.2, 0) is 0 Å². The van der Waals surface area contributed by atoms with Crippen molar-refractivity contribution in [1.82, 2.24) is 9.66 Å². The summed E-state index contributed by atoms with van der Waals surface area (Å²) >= 11 is 10.1. The van der Waals surface area contributed by atoms with Crippen molar-refractivity contribution >= 4 is 44.6 Å². The van der Waals surface area contributed by atoms with Crippen LogP contribution in [0, 0.1) is 6.92 Å². The maximum Gasteiger partial charge on any atom is 0.282 e. The van der Waals surface area contributed by atoms with Gasteiger partial charge in [-0.2, -0.15) is 9.78 Å². The van der Waals surface area contributed by atoms with Crippen LogP contribution in [-0.4, -0.2) is 36.7 Å². The number of aryl methyl sites for hydroxylation is 1. The van der Waals surface area contributed by atoms with E-state index in [1.807, 2.05) is 44.2 Å². The van der Waals surface area contributed by atoms with Gasteiger partial charge in [0.15, 0.2) is 17.3 Å². The number of halogens is 2. The second-order valence-corrected chi connectivity index (χ2v) is 10.1. The number of hydrogen-bond acceptors (Lipinski definition) is 6. The first kappa shape index (κ1) is 27.7. The van der Waals surface area contributed by atoms with E-state index in [9.17, 15) is 4.79 Å². The molecular weight excluding hydrogens is 570 g/mol. The van der Waals surface area contributed by atoms with Crippen molar-refractivity contribution in [2.75, 3.05) is 20.8 Å². The lowest BCUT2D eigenvalue weighted by Gasteiger charge is -2.17. The third-order valence-electron chi connectivity index (χ3n) is 6.17. The molecule has 0 bridgehead atoms. The molecule has 38 heavy (non-hydrogen) atoms. The normalized spacial score (nSPS) is 11.5. The van der Waals surface area contributed by atoms with Crippen LogP contribution in [0.2, 0.25) is 5.02 Å². The van der Waals surface area contributed by atoms with Crippen molar-refractivity contribution in [3.63, 3.8) is 0 Å². The zero-order valence-corrected chi connectivity index (χ0v) is 24.5. The molecule has 0 unspecified atom stereocenters. The fraction of sp³-hybridized carbons (Fsp3) is 0.276. The molecule has 0 saturated heterocycles. The maximum atomic E-state index is 13.7. The molecule has 7 nitrogen and oxygen atoms in total. The average Bonchev–Trinajstić information content (AvgIpc) is 2.91. The summed E-state index contributed by atoms with van der Waals surface area (Å²) in [6, 6.07) is 13.0. The minimum Gasteiger partial charge on any atom is -0.496 e. The summed E-state index contributed by atoms with van der Waals surface area (Å²) in [5.74, 6) is 2.30. The van der Waals surface area contributed by atoms with Gasteiger partial charge in [-0.05, 0) is 77.2 Å². The molecule has 0 amide bonds. The fourth-order valence-corrected chi connectivity index (χ4v) is 4.87. The van der Waals surface area contributed by atoms with E-state index in [-0.39, 0.29) is 11.5 Å². The van der Waals surface area contributed by atoms with E-state index in [0.29, 0.717) is 49.9 Å². The third kappa shape index (κ3) is 5.15. The van der Waals surface area contributed by atoms with Crippen LogP contribution >= 0.6 is 27.5 Å². The van der Waals surface area contributed by atoms with Crippen molar-refractivity contribution in [2.24, 2.45) is 5.10 Å². The molecule has 4 rings (SSSR count). The van der Waals surface area contributed by atoms with E-state index < -0.39 is 0 Å². The highest BCUT2D eigenvalue weighted by Crippen LogP contribution is 2.42. The second-order valence-electron chi connectivity index (χ2n) is 8.94. The van der Waals surface area contributed by atoms with Gasteiger partial charge in [-0.25, -0.2) is 4.98 Å². The van der Waals surface area contributed by atoms with E-state index in [0.717, 1.165) is 22.4 Å². The predicted octanol–water partition coefficient (Wildman–Crippen LogP) is 7.21. The van der Waals surface area contributed by atoms with Crippen LogP contribution < -0.4 is 19.8 Å². The topological polar surface area (TPSA) is 74.9 Å². The molecule has 0 aliphatic rings. The first-order valence-corrected chi connectivity index (χ1v) is 13.3. The van der Waals surface area contributed by atoms with Gasteiger partial charge in [0.1, 0.15) is 10.8 Å². The van der Waals surface area contributed by atoms with Gasteiger partial charge in [-0.3, -0.25) is 4.79 Å². The Morgan fingerprint density at radius 3 is 2.50 bits per heavy atom. The first-order chi connectivity index (χ1) is 18.2. The summed E-state index contributed by atoms with van der Waals surface area (Å²) in [4.78, 5) is 18.6. The lowest BCUT2D eigenvalue weighted by atomic mass is 9.96. The van der Waals surface area contributed by atoms with Gasteiger partial charge in [-0.15, -0.1) is 0 Å². The molecule has 0 aliphatic heterocycles. The summed E-state index contributed by atoms with van der Waals surface area (Å²) in [7, 11) is 3.19. The van der Waals surface area contributed by atoms with Gasteiger partial charge in [0, 0.05) is 15.6 Å². The van der Waals surface area contributed by atoms with E-state index >= 15 is 0 Å². The molecular formula is C29H29BrClN3O4. The molecule has 0 N–H and O–H groups in total. The molecule has 1 aromatic heterocycles. The Bertz CT molecular complexity index is 1600. The smallest absolute Gasteiger partial charge is 0.282 e. The van der Waals surface area contributed by atoms with Crippen LogP contribution in [0.3, 0.4) is 0 Å². The minimum atomic E-state index is -0.289. The predicted molar refractivity (Wildman–Crippen MR) is 157 cm³/mol. The van der Waals surface area contributed by atoms with E-state index in [1.54, 1.807) is 25.5 Å². The quantitative estimate of drug-likeness (QED) is 0.200. The van der Waals surface area contributed by atoms with Crippen LogP contribution in [0.5, 0.6) is 17.2 Å². The Hall–Kier alpha value is -3.36. The Morgan fingerprint density at radius 1 is 1.13 bits per heavy atom. The molecule has 0 aliphatic carbocycles. The Kier molecular flexibility index (Phi) is 8.43. The van der Waals surface area contributed by atoms with Gasteiger partial charge >= 0.3 is 0 Å². The van der Waals surface area contributed by atoms with Gasteiger partial charge in [0.05, 0.1) is 37.9 Å². The molecule has 0 saturated carbocycles. The number of methoxy groups -OCH3 is 2. The van der Waals surface area contributed by atoms with Crippen molar-refractivity contribution in [1.29, 1.82) is 0 Å². The lowest BCUT2D eigenvalue weighted by molar-refractivity contribution is 0.311. The van der Waals surface area contributed by atoms with Crippen LogP contribution in [0.4, 0.5) is 0 Å². The van der Waals surface area contributed by atoms with Crippen molar-refractivity contribution in [2.45, 2.75) is 33.6 Å². The van der Waals surface area contributed by atoms with Crippen molar-refractivity contribution in [3.8, 4) is 28.6 Å². The Morgan fingerprint density at radius 2 is 1.84 bits per heavy atom. The zero-order valence-electron chi connectivity index (χ0n) is 22.1. The fourth-order valence-electron chi connectivity index (χ4n) is 4.22. The first-order valence-electron chi connectivity index (χ1n) is 12.2. The number of fused-ring (bicyclic) bond motifs is 1. The molecule has 0 atom stereocenters. The molecule has 1 heterocycles. The summed E-state index contributed by atoms with van der Waals surface area (Å²) in [6.45, 7) is 8.45. The van der Waals surface area contributed by atoms with E-state index in [2.05, 4.69) is 34.9 Å². The Labute approximate surface area is 235 Å². The van der Waals surface area contributed by atoms with E-state index in [4.69, 9.17) is 30.8 Å². The van der Waals surface area contributed by atoms with Crippen molar-refractivity contribution < 1.29 is 14.2 Å². The largest absolute Gasteiger partial charge is 0.496 e. The third-order valence-corrected chi connectivity index (χ3v) is 7.61. The van der Waals surface area contributed by atoms with Crippen LogP contribution in [0.1, 0.15) is 43.4 Å². The number of benzene rings is 3. The number of para-hydroxylation sites is 1. The van der Waals surface area contributed by atoms with Crippen LogP contribution in [0.15, 0.2) is 56.8 Å². The van der Waals surface area contributed by atoms with E-state index in [1.165, 1.54) is 11.8 Å². The summed E-state index contributed by atoms with van der Waals surface area (Å²) in [5, 5.41) is 5.43. The average molecular weight is 599 g/mol. The van der Waals surface area contributed by atoms with Gasteiger partial charge in [0.2, 0.25) is 0 Å². The SMILES string of the molecule is CCOc1c(OC)cc(C=Nn2c(-c3cc(C(C)C)c(OC)cc3C)nc3ccccc3c2=O)c(Br)c1Cl. The number of rotatable bonds is 8. The molecule has 0 radical (unpaired) electrons. The summed E-state index contributed by atoms with van der Waals surface area (Å²) < 4.78 is 18.7. The highest BCUT2D eigenvalue weighted by atomic mass is 79.9. The molecule has 0 fully saturated rings. The molecule has 9 heteroatoms. The Balaban J connectivity index is 1.98. The highest BCUT2D eigenvalue weighted by molar-refractivity contribution is 9.10. The van der Waals surface area contributed by atoms with Crippen molar-refractivity contribution in [3.05, 3.63) is 79.0 Å². The lowest BCUT2D eigenvalue weighted by Crippen LogP contribution is -2.21. The molecule has 198 valence electrons. The van der Waals surface area contributed by atoms with Gasteiger partial charge < -0.3 is 14.2 Å². The maximum absolute atomic E-state index is 13.7. The molecule has 0 spiro atoms. The second kappa shape index (κ2) is 11.6. The standard InChI is InChI=1S/C29H29BrClN3O4/c1-7-38-27-24(37-6)13-18(25(30)26(27)31)15-32-34-28(33-22-11-9-8-10-19(22)29(34)35)21-14-20(16(2)3)23(36-5)12-17(21)4/h8-16H,7H2,1-6H3. The number of nitrogens with zero attached hydrogens (tertiary/aromatic N) is 3. The minimum absolute atomic E-state index is 0.197. The number of aromatic nitrogens is 2. The summed E-state index contributed by atoms with van der Waals surface area (Å²) in [5.41, 5.74) is 3.61. The molecule has 4 aromatic rings. The van der Waals surface area contributed by atoms with Gasteiger partial charge in [-0.1, -0.05) is 37.6 Å². The van der Waals surface area contributed by atoms with Crippen LogP contribution in [0.25, 0.3) is 22.3 Å². The number of hydrogen-bond donors (Lipinski definition) is 0. The number of ether oxygens (including phenoxy) is 3. The zero-order chi connectivity index (χ0) is 27.6. The highest BCUT2D eigenvalue weighted by Gasteiger charge is 2.20.